The maximum absolute atomic E-state index is 14.1. The van der Waals surface area contributed by atoms with Crippen LogP contribution in [0.3, 0.4) is 0 Å². The van der Waals surface area contributed by atoms with Gasteiger partial charge in [0, 0.05) is 44.7 Å². The minimum atomic E-state index is -4.98. The number of amides is 2. The van der Waals surface area contributed by atoms with E-state index >= 15 is 0 Å². The van der Waals surface area contributed by atoms with E-state index in [4.69, 9.17) is 11.6 Å². The quantitative estimate of drug-likeness (QED) is 0.242. The van der Waals surface area contributed by atoms with Crippen molar-refractivity contribution in [3.8, 4) is 17.2 Å². The van der Waals surface area contributed by atoms with Crippen molar-refractivity contribution in [2.45, 2.75) is 18.8 Å². The van der Waals surface area contributed by atoms with Gasteiger partial charge in [-0.15, -0.1) is 0 Å². The molecule has 5 rings (SSSR count). The molecule has 42 heavy (non-hydrogen) atoms. The Kier molecular flexibility index (Phi) is 7.15. The van der Waals surface area contributed by atoms with Crippen molar-refractivity contribution >= 4 is 29.1 Å². The van der Waals surface area contributed by atoms with Crippen molar-refractivity contribution in [1.82, 2.24) is 15.1 Å². The third kappa shape index (κ3) is 5.26. The molecule has 0 saturated carbocycles. The molecule has 2 N–H and O–H groups in total. The predicted octanol–water partition coefficient (Wildman–Crippen LogP) is 6.85. The van der Waals surface area contributed by atoms with Crippen LogP contribution in [0.5, 0.6) is 0 Å². The molecule has 15 heteroatoms. The number of nitriles is 1. The molecule has 0 saturated heterocycles. The Morgan fingerprint density at radius 1 is 1.07 bits per heavy atom. The molecule has 0 fully saturated rings. The maximum atomic E-state index is 14.1. The molecule has 214 valence electrons. The lowest BCUT2D eigenvalue weighted by atomic mass is 9.92. The highest BCUT2D eigenvalue weighted by Gasteiger charge is 2.36. The smallest absolute Gasteiger partial charge is 0.341 e. The first-order valence-electron chi connectivity index (χ1n) is 11.7. The van der Waals surface area contributed by atoms with Crippen LogP contribution in [0.25, 0.3) is 11.1 Å². The van der Waals surface area contributed by atoms with E-state index in [1.807, 2.05) is 0 Å². The van der Waals surface area contributed by atoms with Crippen LogP contribution in [0.2, 0.25) is 5.02 Å². The topological polar surface area (TPSA) is 99.8 Å². The Labute approximate surface area is 236 Å². The average molecular weight is 608 g/mol. The summed E-state index contributed by atoms with van der Waals surface area (Å²) in [5, 5.41) is 17.9. The number of hydrogen-bond donors (Lipinski definition) is 2. The van der Waals surface area contributed by atoms with E-state index in [0.29, 0.717) is 12.1 Å². The van der Waals surface area contributed by atoms with Crippen LogP contribution < -0.4 is 10.6 Å². The summed E-state index contributed by atoms with van der Waals surface area (Å²) in [6.07, 6.45) is -4.15. The van der Waals surface area contributed by atoms with Crippen molar-refractivity contribution in [2.75, 3.05) is 5.32 Å². The van der Waals surface area contributed by atoms with Gasteiger partial charge in [0.15, 0.2) is 5.69 Å². The number of alkyl halides is 5. The molecular weight excluding hydrogens is 595 g/mol. The fourth-order valence-electron chi connectivity index (χ4n) is 4.53. The van der Waals surface area contributed by atoms with Gasteiger partial charge in [-0.3, -0.25) is 9.59 Å². The summed E-state index contributed by atoms with van der Waals surface area (Å²) in [4.78, 5) is 26.2. The monoisotopic (exact) mass is 607 g/mol. The lowest BCUT2D eigenvalue weighted by Crippen LogP contribution is -2.21. The minimum Gasteiger partial charge on any atom is -0.341 e. The van der Waals surface area contributed by atoms with Gasteiger partial charge >= 0.3 is 12.7 Å². The SMILES string of the molecule is N#Cc1nn(C(F)F)cc1-c1cc(NC(=O)c2cc(F)cc(C(F)(F)F)c2)c2c(c1)C(=O)NC2c1cc(F)ccc1Cl. The van der Waals surface area contributed by atoms with Gasteiger partial charge < -0.3 is 10.6 Å². The van der Waals surface area contributed by atoms with E-state index in [-0.39, 0.29) is 49.3 Å². The van der Waals surface area contributed by atoms with Crippen molar-refractivity contribution in [3.05, 3.63) is 105 Å². The molecule has 1 aromatic heterocycles. The van der Waals surface area contributed by atoms with Crippen LogP contribution in [0, 0.1) is 23.0 Å². The fourth-order valence-corrected chi connectivity index (χ4v) is 4.75. The third-order valence-corrected chi connectivity index (χ3v) is 6.69. The molecule has 7 nitrogen and oxygen atoms in total. The van der Waals surface area contributed by atoms with Crippen LogP contribution in [0.15, 0.2) is 54.7 Å². The van der Waals surface area contributed by atoms with Crippen LogP contribution in [0.1, 0.15) is 55.7 Å². The lowest BCUT2D eigenvalue weighted by Gasteiger charge is -2.19. The van der Waals surface area contributed by atoms with Crippen molar-refractivity contribution in [3.63, 3.8) is 0 Å². The molecule has 1 atom stereocenters. The first-order valence-corrected chi connectivity index (χ1v) is 12.0. The summed E-state index contributed by atoms with van der Waals surface area (Å²) in [6.45, 7) is -3.13. The zero-order valence-corrected chi connectivity index (χ0v) is 21.3. The number of nitrogens with one attached hydrogen (secondary N) is 2. The molecule has 1 unspecified atom stereocenters. The molecular formula is C27H13ClF7N5O2. The average Bonchev–Trinajstić information content (AvgIpc) is 3.51. The summed E-state index contributed by atoms with van der Waals surface area (Å²) in [5.74, 6) is -4.07. The van der Waals surface area contributed by atoms with E-state index in [2.05, 4.69) is 15.7 Å². The zero-order chi connectivity index (χ0) is 30.5. The normalized spacial score (nSPS) is 14.5. The summed E-state index contributed by atoms with van der Waals surface area (Å²) in [7, 11) is 0. The molecule has 3 aromatic carbocycles. The number of carbonyl (C=O) groups excluding carboxylic acids is 2. The minimum absolute atomic E-state index is 0.00296. The van der Waals surface area contributed by atoms with Crippen LogP contribution in [-0.4, -0.2) is 21.6 Å². The van der Waals surface area contributed by atoms with Gasteiger partial charge in [0.05, 0.1) is 11.6 Å². The second kappa shape index (κ2) is 10.5. The summed E-state index contributed by atoms with van der Waals surface area (Å²) >= 11 is 6.25. The lowest BCUT2D eigenvalue weighted by molar-refractivity contribution is -0.137. The molecule has 0 radical (unpaired) electrons. The van der Waals surface area contributed by atoms with Crippen LogP contribution >= 0.6 is 11.6 Å². The largest absolute Gasteiger partial charge is 0.416 e. The third-order valence-electron chi connectivity index (χ3n) is 6.34. The predicted molar refractivity (Wildman–Crippen MR) is 134 cm³/mol. The second-order valence-corrected chi connectivity index (χ2v) is 9.41. The van der Waals surface area contributed by atoms with Gasteiger partial charge in [0.2, 0.25) is 0 Å². The number of fused-ring (bicyclic) bond motifs is 1. The van der Waals surface area contributed by atoms with Gasteiger partial charge in [-0.2, -0.15) is 32.3 Å². The Hall–Kier alpha value is -4.90. The van der Waals surface area contributed by atoms with E-state index in [1.54, 1.807) is 6.07 Å². The number of benzene rings is 3. The fraction of sp³-hybridized carbons (Fsp3) is 0.111. The number of rotatable bonds is 5. The molecule has 2 heterocycles. The van der Waals surface area contributed by atoms with Crippen molar-refractivity contribution in [1.29, 1.82) is 5.26 Å². The van der Waals surface area contributed by atoms with Gasteiger partial charge in [-0.25, -0.2) is 13.5 Å². The number of halogens is 8. The highest BCUT2D eigenvalue weighted by atomic mass is 35.5. The van der Waals surface area contributed by atoms with Gasteiger partial charge in [0.1, 0.15) is 17.7 Å². The Morgan fingerprint density at radius 2 is 1.81 bits per heavy atom. The van der Waals surface area contributed by atoms with Gasteiger partial charge in [-0.1, -0.05) is 11.6 Å². The molecule has 0 aliphatic carbocycles. The molecule has 0 bridgehead atoms. The number of aromatic nitrogens is 2. The summed E-state index contributed by atoms with van der Waals surface area (Å²) < 4.78 is 94.8. The van der Waals surface area contributed by atoms with Crippen LogP contribution in [-0.2, 0) is 6.18 Å². The Balaban J connectivity index is 1.70. The number of carbonyl (C=O) groups is 2. The van der Waals surface area contributed by atoms with E-state index < -0.39 is 59.0 Å². The number of hydrogen-bond acceptors (Lipinski definition) is 4. The number of anilines is 1. The Morgan fingerprint density at radius 3 is 2.48 bits per heavy atom. The van der Waals surface area contributed by atoms with Crippen LogP contribution in [0.4, 0.5) is 36.4 Å². The molecule has 2 amide bonds. The first kappa shape index (κ1) is 28.6. The molecule has 0 spiro atoms. The summed E-state index contributed by atoms with van der Waals surface area (Å²) in [5.41, 5.74) is -3.20. The van der Waals surface area contributed by atoms with E-state index in [0.717, 1.165) is 24.4 Å². The van der Waals surface area contributed by atoms with E-state index in [9.17, 15) is 45.6 Å². The standard InChI is InChI=1S/C27H13ClF7N5O2/c28-19-2-1-14(29)8-16(19)23-22-17(25(42)38-23)5-11(18-10-40(26(31)32)39-21(18)9-36)6-20(22)37-24(41)12-3-13(27(33,34)35)7-15(30)4-12/h1-8,10,23,26H,(H,37,41)(H,38,42). The van der Waals surface area contributed by atoms with Gasteiger partial charge in [0.25, 0.3) is 11.8 Å². The van der Waals surface area contributed by atoms with Gasteiger partial charge in [-0.05, 0) is 54.1 Å². The Bertz CT molecular complexity index is 1810. The molecule has 1 aliphatic heterocycles. The maximum Gasteiger partial charge on any atom is 0.416 e. The highest BCUT2D eigenvalue weighted by Crippen LogP contribution is 2.42. The van der Waals surface area contributed by atoms with Crippen molar-refractivity contribution in [2.24, 2.45) is 0 Å². The highest BCUT2D eigenvalue weighted by molar-refractivity contribution is 6.31. The molecule has 1 aliphatic rings. The van der Waals surface area contributed by atoms with E-state index in [1.165, 1.54) is 12.1 Å². The number of nitrogens with zero attached hydrogens (tertiary/aromatic N) is 3. The second-order valence-electron chi connectivity index (χ2n) is 9.00. The molecule has 4 aromatic rings. The summed E-state index contributed by atoms with van der Waals surface area (Å²) in [6, 6.07) is 7.29. The zero-order valence-electron chi connectivity index (χ0n) is 20.5. The first-order chi connectivity index (χ1) is 19.8. The van der Waals surface area contributed by atoms with Crippen molar-refractivity contribution < 1.29 is 40.3 Å².